The zero-order valence-electron chi connectivity index (χ0n) is 21.0. The largest absolute Gasteiger partial charge is 0.455 e. The standard InChI is InChI=1S/C28H38O6/c1-16-15-22(34-23(30)17(16)2)26(5,31)28(33)14-13-27(32)20-10-9-18-7-6-8-21(29)25(18,4)19(20)11-12-24(27,28)3/h6-7,9,19-20,22,31-33H,8,10-15H2,1-5H3. The average Bonchev–Trinajstić information content (AvgIpc) is 3.00. The third-order valence-corrected chi connectivity index (χ3v) is 11.1. The van der Waals surface area contributed by atoms with Crippen molar-refractivity contribution in [3.63, 3.8) is 0 Å². The van der Waals surface area contributed by atoms with Gasteiger partial charge in [-0.15, -0.1) is 0 Å². The van der Waals surface area contributed by atoms with E-state index in [1.54, 1.807) is 13.8 Å². The van der Waals surface area contributed by atoms with Gasteiger partial charge in [-0.1, -0.05) is 30.7 Å². The van der Waals surface area contributed by atoms with Crippen molar-refractivity contribution in [2.45, 2.75) is 102 Å². The molecule has 0 saturated heterocycles. The molecule has 8 atom stereocenters. The van der Waals surface area contributed by atoms with Crippen LogP contribution in [0.15, 0.2) is 34.9 Å². The summed E-state index contributed by atoms with van der Waals surface area (Å²) in [6, 6.07) is 0. The topological polar surface area (TPSA) is 104 Å². The fraction of sp³-hybridized carbons (Fsp3) is 0.714. The SMILES string of the molecule is CC1=C(C)C(=O)OC(C(C)(O)C2(O)CCC3(O)C4CC=C5C=CCC(=O)C5(C)C4CCC32C)C1. The Bertz CT molecular complexity index is 1050. The lowest BCUT2D eigenvalue weighted by atomic mass is 9.44. The van der Waals surface area contributed by atoms with Crippen molar-refractivity contribution in [1.29, 1.82) is 0 Å². The lowest BCUT2D eigenvalue weighted by Gasteiger charge is -2.63. The van der Waals surface area contributed by atoms with Crippen LogP contribution in [0.1, 0.15) is 79.6 Å². The molecule has 6 heteroatoms. The van der Waals surface area contributed by atoms with Gasteiger partial charge in [0.25, 0.3) is 0 Å². The molecule has 8 unspecified atom stereocenters. The maximum Gasteiger partial charge on any atom is 0.334 e. The summed E-state index contributed by atoms with van der Waals surface area (Å²) in [7, 11) is 0. The second-order valence-corrected chi connectivity index (χ2v) is 12.1. The molecule has 0 aromatic heterocycles. The highest BCUT2D eigenvalue weighted by Crippen LogP contribution is 2.70. The van der Waals surface area contributed by atoms with Gasteiger partial charge in [-0.2, -0.15) is 0 Å². The van der Waals surface area contributed by atoms with E-state index < -0.39 is 39.7 Å². The minimum atomic E-state index is -1.75. The first-order valence-corrected chi connectivity index (χ1v) is 12.7. The molecule has 4 aliphatic carbocycles. The van der Waals surface area contributed by atoms with Crippen molar-refractivity contribution in [1.82, 2.24) is 0 Å². The number of ether oxygens (including phenoxy) is 1. The summed E-state index contributed by atoms with van der Waals surface area (Å²) >= 11 is 0. The van der Waals surface area contributed by atoms with Crippen LogP contribution in [0.2, 0.25) is 0 Å². The quantitative estimate of drug-likeness (QED) is 0.534. The molecule has 0 aromatic rings. The lowest BCUT2D eigenvalue weighted by molar-refractivity contribution is -0.279. The molecule has 5 rings (SSSR count). The van der Waals surface area contributed by atoms with Crippen LogP contribution < -0.4 is 0 Å². The monoisotopic (exact) mass is 470 g/mol. The van der Waals surface area contributed by atoms with E-state index in [9.17, 15) is 24.9 Å². The number of ketones is 1. The van der Waals surface area contributed by atoms with E-state index >= 15 is 0 Å². The number of hydrogen-bond acceptors (Lipinski definition) is 6. The zero-order valence-corrected chi connectivity index (χ0v) is 21.0. The summed E-state index contributed by atoms with van der Waals surface area (Å²) < 4.78 is 5.63. The Morgan fingerprint density at radius 3 is 2.47 bits per heavy atom. The molecule has 2 fully saturated rings. The predicted molar refractivity (Wildman–Crippen MR) is 127 cm³/mol. The Hall–Kier alpha value is -1.76. The average molecular weight is 471 g/mol. The molecular formula is C28H38O6. The third-order valence-electron chi connectivity index (χ3n) is 11.1. The van der Waals surface area contributed by atoms with Crippen LogP contribution in [0.4, 0.5) is 0 Å². The number of carbonyl (C=O) groups is 2. The van der Waals surface area contributed by atoms with Crippen LogP contribution in [0.5, 0.6) is 0 Å². The van der Waals surface area contributed by atoms with Gasteiger partial charge in [-0.3, -0.25) is 4.79 Å². The highest BCUT2D eigenvalue weighted by molar-refractivity contribution is 5.92. The normalized spacial score (nSPS) is 47.9. The van der Waals surface area contributed by atoms with Crippen molar-refractivity contribution < 1.29 is 29.6 Å². The number of Topliss-reactive ketones (excluding diaryl/α,β-unsaturated/α-hetero) is 1. The molecule has 186 valence electrons. The minimum Gasteiger partial charge on any atom is -0.455 e. The summed E-state index contributed by atoms with van der Waals surface area (Å²) in [5.41, 5.74) is -3.87. The summed E-state index contributed by atoms with van der Waals surface area (Å²) in [6.45, 7) is 9.01. The molecule has 0 radical (unpaired) electrons. The van der Waals surface area contributed by atoms with Gasteiger partial charge >= 0.3 is 5.97 Å². The molecular weight excluding hydrogens is 432 g/mol. The number of allylic oxidation sites excluding steroid dienone is 4. The van der Waals surface area contributed by atoms with Gasteiger partial charge < -0.3 is 20.1 Å². The maximum atomic E-state index is 13.1. The van der Waals surface area contributed by atoms with Crippen molar-refractivity contribution in [2.75, 3.05) is 0 Å². The van der Waals surface area contributed by atoms with Gasteiger partial charge in [0, 0.05) is 23.8 Å². The fourth-order valence-corrected chi connectivity index (χ4v) is 8.38. The molecule has 6 nitrogen and oxygen atoms in total. The molecule has 0 bridgehead atoms. The molecule has 34 heavy (non-hydrogen) atoms. The Balaban J connectivity index is 1.54. The third kappa shape index (κ3) is 2.63. The smallest absolute Gasteiger partial charge is 0.334 e. The Morgan fingerprint density at radius 2 is 1.79 bits per heavy atom. The Morgan fingerprint density at radius 1 is 1.09 bits per heavy atom. The number of aliphatic hydroxyl groups is 3. The van der Waals surface area contributed by atoms with E-state index in [1.165, 1.54) is 0 Å². The molecule has 1 aliphatic heterocycles. The van der Waals surface area contributed by atoms with Gasteiger partial charge in [0.1, 0.15) is 23.1 Å². The Labute approximate surface area is 201 Å². The fourth-order valence-electron chi connectivity index (χ4n) is 8.38. The number of rotatable bonds is 2. The molecule has 0 aromatic carbocycles. The van der Waals surface area contributed by atoms with E-state index in [1.807, 2.05) is 26.8 Å². The molecule has 5 aliphatic rings. The van der Waals surface area contributed by atoms with E-state index in [4.69, 9.17) is 4.74 Å². The van der Waals surface area contributed by atoms with Crippen molar-refractivity contribution in [3.05, 3.63) is 34.9 Å². The van der Waals surface area contributed by atoms with Crippen molar-refractivity contribution in [3.8, 4) is 0 Å². The van der Waals surface area contributed by atoms with E-state index in [0.29, 0.717) is 44.1 Å². The molecule has 3 N–H and O–H groups in total. The summed E-state index contributed by atoms with van der Waals surface area (Å²) in [5, 5.41) is 36.5. The summed E-state index contributed by atoms with van der Waals surface area (Å²) in [5.74, 6) is -0.495. The first-order valence-electron chi connectivity index (χ1n) is 12.7. The highest BCUT2D eigenvalue weighted by Gasteiger charge is 2.76. The van der Waals surface area contributed by atoms with Gasteiger partial charge in [0.15, 0.2) is 0 Å². The molecule has 0 spiro atoms. The molecule has 1 heterocycles. The van der Waals surface area contributed by atoms with Crippen molar-refractivity contribution >= 4 is 11.8 Å². The van der Waals surface area contributed by atoms with E-state index in [-0.39, 0.29) is 24.0 Å². The van der Waals surface area contributed by atoms with Gasteiger partial charge in [0.05, 0.1) is 11.0 Å². The number of esters is 1. The highest BCUT2D eigenvalue weighted by atomic mass is 16.6. The Kier molecular flexibility index (Phi) is 5.03. The first kappa shape index (κ1) is 24.0. The number of carbonyl (C=O) groups excluding carboxylic acids is 2. The number of hydrogen-bond donors (Lipinski definition) is 3. The summed E-state index contributed by atoms with van der Waals surface area (Å²) in [4.78, 5) is 25.6. The van der Waals surface area contributed by atoms with E-state index in [2.05, 4.69) is 12.2 Å². The van der Waals surface area contributed by atoms with Crippen LogP contribution in [0, 0.1) is 22.7 Å². The minimum absolute atomic E-state index is 0.0179. The molecule has 2 saturated carbocycles. The summed E-state index contributed by atoms with van der Waals surface area (Å²) in [6.07, 6.45) is 8.25. The predicted octanol–water partition coefficient (Wildman–Crippen LogP) is 3.54. The lowest BCUT2D eigenvalue weighted by Crippen LogP contribution is -2.72. The maximum absolute atomic E-state index is 13.1. The number of cyclic esters (lactones) is 1. The second-order valence-electron chi connectivity index (χ2n) is 12.1. The van der Waals surface area contributed by atoms with Gasteiger partial charge in [0.2, 0.25) is 0 Å². The number of fused-ring (bicyclic) bond motifs is 5. The van der Waals surface area contributed by atoms with Gasteiger partial charge in [-0.05, 0) is 77.2 Å². The van der Waals surface area contributed by atoms with Gasteiger partial charge in [-0.25, -0.2) is 4.79 Å². The zero-order chi connectivity index (χ0) is 24.9. The van der Waals surface area contributed by atoms with Crippen LogP contribution >= 0.6 is 0 Å². The second kappa shape index (κ2) is 7.14. The van der Waals surface area contributed by atoms with Crippen molar-refractivity contribution in [2.24, 2.45) is 22.7 Å². The van der Waals surface area contributed by atoms with Crippen LogP contribution in [-0.4, -0.2) is 50.0 Å². The van der Waals surface area contributed by atoms with Crippen LogP contribution in [-0.2, 0) is 14.3 Å². The molecule has 0 amide bonds. The first-order chi connectivity index (χ1) is 15.7. The van der Waals surface area contributed by atoms with Crippen LogP contribution in [0.25, 0.3) is 0 Å². The van der Waals surface area contributed by atoms with Crippen LogP contribution in [0.3, 0.4) is 0 Å². The van der Waals surface area contributed by atoms with E-state index in [0.717, 1.165) is 11.1 Å².